The molecule has 3 rings (SSSR count). The van der Waals surface area contributed by atoms with Crippen molar-refractivity contribution in [2.24, 2.45) is 0 Å². The molecule has 0 radical (unpaired) electrons. The summed E-state index contributed by atoms with van der Waals surface area (Å²) in [6.45, 7) is 7.03. The van der Waals surface area contributed by atoms with Gasteiger partial charge in [0.05, 0.1) is 10.6 Å². The van der Waals surface area contributed by atoms with Crippen LogP contribution in [0, 0.1) is 32.4 Å². The van der Waals surface area contributed by atoms with Crippen molar-refractivity contribution in [3.8, 4) is 16.9 Å². The van der Waals surface area contributed by atoms with E-state index in [0.29, 0.717) is 11.6 Å². The third-order valence-electron chi connectivity index (χ3n) is 5.03. The zero-order valence-corrected chi connectivity index (χ0v) is 18.3. The molecule has 0 aliphatic carbocycles. The standard InChI is InChI=1S/C23H22F2O5S/c1-12-5-13(2)21(14(3)6-12)22-19(26)10-20(30-23(22)27)15(4)11-31(28,29)18-8-16(24)7-17(25)9-18/h5-10,15,26H,11H2,1-4H3. The first kappa shape index (κ1) is 22.7. The van der Waals surface area contributed by atoms with Crippen LogP contribution in [-0.4, -0.2) is 19.3 Å². The summed E-state index contributed by atoms with van der Waals surface area (Å²) >= 11 is 0. The summed E-state index contributed by atoms with van der Waals surface area (Å²) in [5.74, 6) is -3.83. The SMILES string of the molecule is Cc1cc(C)c(-c2c(O)cc(C(C)CS(=O)(=O)c3cc(F)cc(F)c3)oc2=O)c(C)c1. The molecule has 0 aliphatic rings. The van der Waals surface area contributed by atoms with E-state index in [1.54, 1.807) is 0 Å². The van der Waals surface area contributed by atoms with Crippen LogP contribution >= 0.6 is 0 Å². The van der Waals surface area contributed by atoms with Crippen molar-refractivity contribution < 1.29 is 26.7 Å². The van der Waals surface area contributed by atoms with Crippen molar-refractivity contribution in [1.29, 1.82) is 0 Å². The summed E-state index contributed by atoms with van der Waals surface area (Å²) in [5.41, 5.74) is 2.34. The Bertz CT molecular complexity index is 1280. The second-order valence-electron chi connectivity index (χ2n) is 7.76. The molecule has 8 heteroatoms. The Balaban J connectivity index is 1.99. The summed E-state index contributed by atoms with van der Waals surface area (Å²) in [6.07, 6.45) is 0. The minimum Gasteiger partial charge on any atom is -0.507 e. The molecule has 5 nitrogen and oxygen atoms in total. The molecule has 1 N–H and O–H groups in total. The maximum atomic E-state index is 13.4. The normalized spacial score (nSPS) is 12.7. The maximum Gasteiger partial charge on any atom is 0.347 e. The average Bonchev–Trinajstić information content (AvgIpc) is 2.61. The number of aromatic hydroxyl groups is 1. The molecule has 1 atom stereocenters. The van der Waals surface area contributed by atoms with Crippen molar-refractivity contribution in [3.05, 3.63) is 80.9 Å². The Morgan fingerprint density at radius 2 is 1.48 bits per heavy atom. The van der Waals surface area contributed by atoms with Gasteiger partial charge in [-0.3, -0.25) is 0 Å². The molecule has 0 saturated carbocycles. The van der Waals surface area contributed by atoms with Gasteiger partial charge < -0.3 is 9.52 Å². The van der Waals surface area contributed by atoms with Crippen LogP contribution in [0.4, 0.5) is 8.78 Å². The highest BCUT2D eigenvalue weighted by Gasteiger charge is 2.25. The van der Waals surface area contributed by atoms with E-state index in [2.05, 4.69) is 0 Å². The molecule has 3 aromatic rings. The lowest BCUT2D eigenvalue weighted by Gasteiger charge is -2.15. The first-order valence-corrected chi connectivity index (χ1v) is 11.2. The molecule has 2 aromatic carbocycles. The van der Waals surface area contributed by atoms with Gasteiger partial charge in [-0.15, -0.1) is 0 Å². The molecular formula is C23H22F2O5S. The van der Waals surface area contributed by atoms with Crippen LogP contribution in [0.2, 0.25) is 0 Å². The van der Waals surface area contributed by atoms with Crippen LogP contribution in [0.25, 0.3) is 11.1 Å². The summed E-state index contributed by atoms with van der Waals surface area (Å²) in [5, 5.41) is 10.6. The molecule has 1 heterocycles. The van der Waals surface area contributed by atoms with Crippen molar-refractivity contribution in [1.82, 2.24) is 0 Å². The van der Waals surface area contributed by atoms with Gasteiger partial charge in [0, 0.05) is 18.1 Å². The summed E-state index contributed by atoms with van der Waals surface area (Å²) in [6, 6.07) is 7.00. The third kappa shape index (κ3) is 4.69. The first-order valence-electron chi connectivity index (χ1n) is 9.53. The number of rotatable bonds is 5. The lowest BCUT2D eigenvalue weighted by atomic mass is 9.94. The fourth-order valence-electron chi connectivity index (χ4n) is 3.76. The molecule has 1 unspecified atom stereocenters. The predicted molar refractivity (Wildman–Crippen MR) is 113 cm³/mol. The van der Waals surface area contributed by atoms with Crippen LogP contribution < -0.4 is 5.63 Å². The molecule has 164 valence electrons. The lowest BCUT2D eigenvalue weighted by molar-refractivity contribution is 0.414. The van der Waals surface area contributed by atoms with E-state index in [4.69, 9.17) is 4.42 Å². The van der Waals surface area contributed by atoms with Crippen molar-refractivity contribution in [2.45, 2.75) is 38.5 Å². The van der Waals surface area contributed by atoms with Crippen molar-refractivity contribution >= 4 is 9.84 Å². The zero-order chi connectivity index (χ0) is 23.1. The van der Waals surface area contributed by atoms with Gasteiger partial charge in [0.1, 0.15) is 28.7 Å². The summed E-state index contributed by atoms with van der Waals surface area (Å²) < 4.78 is 57.4. The van der Waals surface area contributed by atoms with Crippen LogP contribution in [0.5, 0.6) is 5.75 Å². The highest BCUT2D eigenvalue weighted by molar-refractivity contribution is 7.91. The minimum absolute atomic E-state index is 0.000934. The quantitative estimate of drug-likeness (QED) is 0.607. The number of aryl methyl sites for hydroxylation is 3. The molecule has 0 amide bonds. The van der Waals surface area contributed by atoms with Gasteiger partial charge in [0.25, 0.3) is 0 Å². The summed E-state index contributed by atoms with van der Waals surface area (Å²) in [4.78, 5) is 12.2. The van der Waals surface area contributed by atoms with Crippen molar-refractivity contribution in [2.75, 3.05) is 5.75 Å². The Morgan fingerprint density at radius 1 is 0.935 bits per heavy atom. The highest BCUT2D eigenvalue weighted by Crippen LogP contribution is 2.34. The maximum absolute atomic E-state index is 13.4. The molecule has 0 spiro atoms. The molecular weight excluding hydrogens is 426 g/mol. The monoisotopic (exact) mass is 448 g/mol. The third-order valence-corrected chi connectivity index (χ3v) is 6.92. The molecule has 0 aliphatic heterocycles. The van der Waals surface area contributed by atoms with Crippen LogP contribution in [0.15, 0.2) is 50.5 Å². The van der Waals surface area contributed by atoms with Gasteiger partial charge in [0.2, 0.25) is 0 Å². The Hall–Kier alpha value is -3.00. The average molecular weight is 448 g/mol. The van der Waals surface area contributed by atoms with E-state index in [-0.39, 0.29) is 17.1 Å². The van der Waals surface area contributed by atoms with E-state index in [1.807, 2.05) is 32.9 Å². The molecule has 0 saturated heterocycles. The summed E-state index contributed by atoms with van der Waals surface area (Å²) in [7, 11) is -4.08. The number of halogens is 2. The fraction of sp³-hybridized carbons (Fsp3) is 0.261. The number of hydrogen-bond donors (Lipinski definition) is 1. The Morgan fingerprint density at radius 3 is 2.00 bits per heavy atom. The smallest absolute Gasteiger partial charge is 0.347 e. The second-order valence-corrected chi connectivity index (χ2v) is 9.79. The Labute approximate surface area is 178 Å². The molecule has 1 aromatic heterocycles. The van der Waals surface area contributed by atoms with E-state index >= 15 is 0 Å². The van der Waals surface area contributed by atoms with E-state index in [9.17, 15) is 27.1 Å². The second kappa shape index (κ2) is 8.26. The number of hydrogen-bond acceptors (Lipinski definition) is 5. The van der Waals surface area contributed by atoms with E-state index in [0.717, 1.165) is 28.8 Å². The number of sulfone groups is 1. The minimum atomic E-state index is -4.08. The molecule has 31 heavy (non-hydrogen) atoms. The highest BCUT2D eigenvalue weighted by atomic mass is 32.2. The van der Waals surface area contributed by atoms with Gasteiger partial charge in [0.15, 0.2) is 9.84 Å². The van der Waals surface area contributed by atoms with Gasteiger partial charge in [-0.1, -0.05) is 24.6 Å². The van der Waals surface area contributed by atoms with Crippen LogP contribution in [0.3, 0.4) is 0 Å². The van der Waals surface area contributed by atoms with Crippen LogP contribution in [-0.2, 0) is 9.84 Å². The molecule has 0 fully saturated rings. The van der Waals surface area contributed by atoms with E-state index < -0.39 is 43.7 Å². The molecule has 0 bridgehead atoms. The first-order chi connectivity index (χ1) is 14.4. The van der Waals surface area contributed by atoms with Gasteiger partial charge in [-0.25, -0.2) is 22.0 Å². The largest absolute Gasteiger partial charge is 0.507 e. The van der Waals surface area contributed by atoms with E-state index in [1.165, 1.54) is 13.0 Å². The lowest BCUT2D eigenvalue weighted by Crippen LogP contribution is -2.16. The van der Waals surface area contributed by atoms with Gasteiger partial charge >= 0.3 is 5.63 Å². The Kier molecular flexibility index (Phi) is 6.04. The zero-order valence-electron chi connectivity index (χ0n) is 17.5. The number of benzene rings is 2. The van der Waals surface area contributed by atoms with Gasteiger partial charge in [-0.05, 0) is 49.6 Å². The predicted octanol–water partition coefficient (Wildman–Crippen LogP) is 4.79. The van der Waals surface area contributed by atoms with Gasteiger partial charge in [-0.2, -0.15) is 0 Å². The van der Waals surface area contributed by atoms with Crippen LogP contribution in [0.1, 0.15) is 35.3 Å². The van der Waals surface area contributed by atoms with Crippen molar-refractivity contribution in [3.63, 3.8) is 0 Å². The topological polar surface area (TPSA) is 84.6 Å². The fourth-order valence-corrected chi connectivity index (χ4v) is 5.36.